The van der Waals surface area contributed by atoms with E-state index in [1.165, 1.54) is 16.0 Å². The number of thioether (sulfide) groups is 1. The Hall–Kier alpha value is 0.0362. The first-order valence-electron chi connectivity index (χ1n) is 4.51. The quantitative estimate of drug-likeness (QED) is 0.442. The maximum atomic E-state index is 3.03. The minimum Gasteiger partial charge on any atom is -1.00 e. The molecule has 0 saturated heterocycles. The molecule has 0 aliphatic heterocycles. The summed E-state index contributed by atoms with van der Waals surface area (Å²) in [5.41, 5.74) is 2.56. The molecular formula is C13H11BrMgS. The Morgan fingerprint density at radius 2 is 1.62 bits per heavy atom. The van der Waals surface area contributed by atoms with E-state index in [1.54, 1.807) is 11.8 Å². The van der Waals surface area contributed by atoms with Crippen LogP contribution >= 0.6 is 11.8 Å². The van der Waals surface area contributed by atoms with Crippen molar-refractivity contribution in [1.82, 2.24) is 0 Å². The van der Waals surface area contributed by atoms with E-state index in [0.717, 1.165) is 0 Å². The van der Waals surface area contributed by atoms with Crippen LogP contribution in [0.15, 0.2) is 53.4 Å². The summed E-state index contributed by atoms with van der Waals surface area (Å²) in [5, 5.41) is 0. The molecule has 78 valence electrons. The minimum atomic E-state index is 0. The molecule has 2 aromatic carbocycles. The molecule has 0 fully saturated rings. The van der Waals surface area contributed by atoms with E-state index in [9.17, 15) is 0 Å². The van der Waals surface area contributed by atoms with Gasteiger partial charge in [-0.05, 0) is 17.9 Å². The third kappa shape index (κ3) is 3.81. The van der Waals surface area contributed by atoms with Crippen LogP contribution in [0.4, 0.5) is 0 Å². The number of hydrogen-bond acceptors (Lipinski definition) is 1. The Morgan fingerprint density at radius 1 is 1.00 bits per heavy atom. The zero-order valence-electron chi connectivity index (χ0n) is 9.11. The second-order valence-corrected chi connectivity index (χ2v) is 3.84. The normalized spacial score (nSPS) is 8.81. The standard InChI is InChI=1S/C13H11S.BrH.Mg/c1-14-13-10-6-5-9-12(13)11-7-3-2-4-8-11;;/h3-10H,1H3;1H;/q-1;;+2/p-1. The van der Waals surface area contributed by atoms with Crippen molar-refractivity contribution in [3.05, 3.63) is 54.6 Å². The van der Waals surface area contributed by atoms with Gasteiger partial charge in [-0.1, -0.05) is 18.2 Å². The van der Waals surface area contributed by atoms with Crippen molar-refractivity contribution in [3.8, 4) is 11.1 Å². The fourth-order valence-corrected chi connectivity index (χ4v) is 2.07. The first-order valence-corrected chi connectivity index (χ1v) is 5.74. The molecule has 0 N–H and O–H groups in total. The van der Waals surface area contributed by atoms with Crippen molar-refractivity contribution in [3.63, 3.8) is 0 Å². The van der Waals surface area contributed by atoms with E-state index >= 15 is 0 Å². The van der Waals surface area contributed by atoms with Crippen molar-refractivity contribution in [2.24, 2.45) is 0 Å². The SMILES string of the molecule is CSc1ccccc1-c1cc[c-]cc1.[Br-].[Mg+2]. The summed E-state index contributed by atoms with van der Waals surface area (Å²) >= 11 is 1.78. The fraction of sp³-hybridized carbons (Fsp3) is 0.0769. The van der Waals surface area contributed by atoms with Crippen LogP contribution in [0.1, 0.15) is 0 Å². The molecule has 0 radical (unpaired) electrons. The molecule has 0 aliphatic rings. The van der Waals surface area contributed by atoms with Gasteiger partial charge in [0.05, 0.1) is 0 Å². The Balaban J connectivity index is 0.00000112. The monoisotopic (exact) mass is 302 g/mol. The molecular weight excluding hydrogens is 292 g/mol. The second kappa shape index (κ2) is 8.17. The number of halogens is 1. The molecule has 3 heteroatoms. The molecule has 0 heterocycles. The predicted octanol–water partition coefficient (Wildman–Crippen LogP) is 0.499. The van der Waals surface area contributed by atoms with Crippen molar-refractivity contribution >= 4 is 34.8 Å². The summed E-state index contributed by atoms with van der Waals surface area (Å²) < 4.78 is 0. The Morgan fingerprint density at radius 3 is 2.25 bits per heavy atom. The molecule has 2 rings (SSSR count). The molecule has 0 aliphatic carbocycles. The molecule has 0 unspecified atom stereocenters. The summed E-state index contributed by atoms with van der Waals surface area (Å²) in [6, 6.07) is 19.6. The van der Waals surface area contributed by atoms with E-state index in [1.807, 2.05) is 12.1 Å². The van der Waals surface area contributed by atoms with E-state index in [4.69, 9.17) is 0 Å². The first-order chi connectivity index (χ1) is 6.92. The third-order valence-electron chi connectivity index (χ3n) is 2.14. The van der Waals surface area contributed by atoms with Crippen LogP contribution in [-0.2, 0) is 0 Å². The molecule has 2 aromatic rings. The number of benzene rings is 2. The van der Waals surface area contributed by atoms with Crippen LogP contribution in [0.3, 0.4) is 0 Å². The summed E-state index contributed by atoms with van der Waals surface area (Å²) in [6.07, 6.45) is 2.11. The molecule has 0 bridgehead atoms. The van der Waals surface area contributed by atoms with Gasteiger partial charge >= 0.3 is 23.1 Å². The van der Waals surface area contributed by atoms with Crippen molar-refractivity contribution in [2.75, 3.05) is 6.26 Å². The number of rotatable bonds is 2. The summed E-state index contributed by atoms with van der Waals surface area (Å²) in [5.74, 6) is 0. The Kier molecular flexibility index (Phi) is 8.19. The van der Waals surface area contributed by atoms with Crippen LogP contribution in [0.25, 0.3) is 11.1 Å². The van der Waals surface area contributed by atoms with Gasteiger partial charge in [0.1, 0.15) is 0 Å². The number of hydrogen-bond donors (Lipinski definition) is 0. The van der Waals surface area contributed by atoms with Gasteiger partial charge < -0.3 is 17.0 Å². The van der Waals surface area contributed by atoms with Gasteiger partial charge in [-0.15, -0.1) is 17.3 Å². The Bertz CT molecular complexity index is 417. The third-order valence-corrected chi connectivity index (χ3v) is 2.93. The fourth-order valence-electron chi connectivity index (χ4n) is 1.45. The van der Waals surface area contributed by atoms with Gasteiger partial charge in [0.25, 0.3) is 0 Å². The van der Waals surface area contributed by atoms with E-state index in [-0.39, 0.29) is 40.0 Å². The molecule has 0 aromatic heterocycles. The zero-order chi connectivity index (χ0) is 9.80. The van der Waals surface area contributed by atoms with E-state index < -0.39 is 0 Å². The smallest absolute Gasteiger partial charge is 1.00 e. The summed E-state index contributed by atoms with van der Waals surface area (Å²) in [6.45, 7) is 0. The van der Waals surface area contributed by atoms with Crippen LogP contribution in [0, 0.1) is 6.07 Å². The van der Waals surface area contributed by atoms with E-state index in [2.05, 4.69) is 48.7 Å². The van der Waals surface area contributed by atoms with Crippen LogP contribution in [-0.4, -0.2) is 29.3 Å². The molecule has 16 heavy (non-hydrogen) atoms. The average Bonchev–Trinajstić information content (AvgIpc) is 2.30. The summed E-state index contributed by atoms with van der Waals surface area (Å²) in [4.78, 5) is 1.32. The summed E-state index contributed by atoms with van der Waals surface area (Å²) in [7, 11) is 0. The van der Waals surface area contributed by atoms with Gasteiger partial charge in [-0.25, -0.2) is 0 Å². The molecule has 0 saturated carbocycles. The van der Waals surface area contributed by atoms with Gasteiger partial charge in [0, 0.05) is 4.90 Å². The Labute approximate surface area is 128 Å². The van der Waals surface area contributed by atoms with Gasteiger partial charge in [-0.2, -0.15) is 30.3 Å². The molecule has 0 amide bonds. The minimum absolute atomic E-state index is 0. The van der Waals surface area contributed by atoms with Gasteiger partial charge in [-0.3, -0.25) is 0 Å². The molecule has 0 spiro atoms. The first kappa shape index (κ1) is 16.0. The van der Waals surface area contributed by atoms with Crippen LogP contribution in [0.2, 0.25) is 0 Å². The van der Waals surface area contributed by atoms with Crippen molar-refractivity contribution < 1.29 is 17.0 Å². The van der Waals surface area contributed by atoms with Crippen molar-refractivity contribution in [1.29, 1.82) is 0 Å². The average molecular weight is 304 g/mol. The van der Waals surface area contributed by atoms with Crippen LogP contribution < -0.4 is 17.0 Å². The van der Waals surface area contributed by atoms with Crippen molar-refractivity contribution in [2.45, 2.75) is 4.90 Å². The van der Waals surface area contributed by atoms with E-state index in [0.29, 0.717) is 0 Å². The van der Waals surface area contributed by atoms with Crippen LogP contribution in [0.5, 0.6) is 0 Å². The largest absolute Gasteiger partial charge is 2.00 e. The second-order valence-electron chi connectivity index (χ2n) is 2.99. The topological polar surface area (TPSA) is 0 Å². The molecule has 0 nitrogen and oxygen atoms in total. The predicted molar refractivity (Wildman–Crippen MR) is 68.2 cm³/mol. The van der Waals surface area contributed by atoms with Gasteiger partial charge in [0.15, 0.2) is 0 Å². The maximum Gasteiger partial charge on any atom is 2.00 e. The molecule has 0 atom stereocenters. The zero-order valence-corrected chi connectivity index (χ0v) is 12.9. The van der Waals surface area contributed by atoms with Gasteiger partial charge in [0.2, 0.25) is 0 Å². The maximum absolute atomic E-state index is 3.03.